The molecule has 2 aromatic heterocycles. The topological polar surface area (TPSA) is 76.7 Å². The van der Waals surface area contributed by atoms with Gasteiger partial charge in [0.05, 0.1) is 5.69 Å². The van der Waals surface area contributed by atoms with Crippen LogP contribution in [-0.2, 0) is 13.0 Å². The molecule has 0 spiro atoms. The van der Waals surface area contributed by atoms with Crippen LogP contribution in [0.15, 0.2) is 24.9 Å². The van der Waals surface area contributed by atoms with Crippen molar-refractivity contribution in [2.24, 2.45) is 5.92 Å². The second-order valence-electron chi connectivity index (χ2n) is 4.61. The molecule has 0 fully saturated rings. The van der Waals surface area contributed by atoms with E-state index in [1.54, 1.807) is 12.3 Å². The molecule has 0 aliphatic carbocycles. The Balaban J connectivity index is 2.08. The Hall–Kier alpha value is -1.82. The van der Waals surface area contributed by atoms with Gasteiger partial charge in [-0.25, -0.2) is 19.6 Å². The quantitative estimate of drug-likeness (QED) is 0.853. The fourth-order valence-corrected chi connectivity index (χ4v) is 1.72. The maximum Gasteiger partial charge on any atom is 0.138 e. The van der Waals surface area contributed by atoms with Crippen LogP contribution in [0.5, 0.6) is 0 Å². The fourth-order valence-electron chi connectivity index (χ4n) is 1.72. The van der Waals surface area contributed by atoms with E-state index >= 15 is 0 Å². The summed E-state index contributed by atoms with van der Waals surface area (Å²) in [5.41, 5.74) is 0.601. The van der Waals surface area contributed by atoms with Crippen LogP contribution >= 0.6 is 0 Å². The molecule has 0 aromatic carbocycles. The molecule has 2 aromatic rings. The predicted molar refractivity (Wildman–Crippen MR) is 65.6 cm³/mol. The SMILES string of the molecule is CC(C)Cn1ncnc1CC(O)c1ccncn1. The number of hydrogen-bond donors (Lipinski definition) is 1. The molecule has 0 aliphatic heterocycles. The Morgan fingerprint density at radius 2 is 2.11 bits per heavy atom. The number of rotatable bonds is 5. The molecule has 6 nitrogen and oxygen atoms in total. The predicted octanol–water partition coefficient (Wildman–Crippen LogP) is 1.00. The minimum Gasteiger partial charge on any atom is -0.386 e. The second kappa shape index (κ2) is 5.68. The summed E-state index contributed by atoms with van der Waals surface area (Å²) in [5.74, 6) is 1.26. The minimum absolute atomic E-state index is 0.406. The molecule has 18 heavy (non-hydrogen) atoms. The Labute approximate surface area is 106 Å². The standard InChI is InChI=1S/C12H17N5O/c1-9(2)6-17-12(15-8-16-17)5-11(18)10-3-4-13-7-14-10/h3-4,7-9,11,18H,5-6H2,1-2H3. The molecular formula is C12H17N5O. The van der Waals surface area contributed by atoms with Gasteiger partial charge >= 0.3 is 0 Å². The largest absolute Gasteiger partial charge is 0.386 e. The maximum absolute atomic E-state index is 10.1. The summed E-state index contributed by atoms with van der Waals surface area (Å²) in [6.45, 7) is 5.03. The molecule has 0 saturated carbocycles. The molecule has 0 aliphatic rings. The van der Waals surface area contributed by atoms with Crippen molar-refractivity contribution in [1.29, 1.82) is 0 Å². The molecular weight excluding hydrogens is 230 g/mol. The first kappa shape index (κ1) is 12.6. The van der Waals surface area contributed by atoms with Crippen molar-refractivity contribution < 1.29 is 5.11 Å². The highest BCUT2D eigenvalue weighted by molar-refractivity contribution is 5.04. The molecule has 0 bridgehead atoms. The van der Waals surface area contributed by atoms with Gasteiger partial charge in [0.15, 0.2) is 0 Å². The summed E-state index contributed by atoms with van der Waals surface area (Å²) in [5, 5.41) is 14.2. The van der Waals surface area contributed by atoms with Gasteiger partial charge in [-0.15, -0.1) is 0 Å². The van der Waals surface area contributed by atoms with Crippen LogP contribution in [0.1, 0.15) is 31.5 Å². The summed E-state index contributed by atoms with van der Waals surface area (Å²) in [7, 11) is 0. The normalized spacial score (nSPS) is 12.9. The van der Waals surface area contributed by atoms with Gasteiger partial charge < -0.3 is 5.11 Å². The third kappa shape index (κ3) is 3.10. The maximum atomic E-state index is 10.1. The van der Waals surface area contributed by atoms with E-state index in [9.17, 15) is 5.11 Å². The van der Waals surface area contributed by atoms with E-state index < -0.39 is 6.10 Å². The van der Waals surface area contributed by atoms with Crippen molar-refractivity contribution in [2.45, 2.75) is 32.9 Å². The van der Waals surface area contributed by atoms with Gasteiger partial charge in [0.1, 0.15) is 24.6 Å². The summed E-state index contributed by atoms with van der Waals surface area (Å²) in [6, 6.07) is 1.70. The summed E-state index contributed by atoms with van der Waals surface area (Å²) in [6.07, 6.45) is 4.29. The van der Waals surface area contributed by atoms with E-state index in [2.05, 4.69) is 33.9 Å². The number of hydrogen-bond acceptors (Lipinski definition) is 5. The van der Waals surface area contributed by atoms with Crippen LogP contribution in [0.3, 0.4) is 0 Å². The van der Waals surface area contributed by atoms with Crippen molar-refractivity contribution in [2.75, 3.05) is 0 Å². The lowest BCUT2D eigenvalue weighted by Crippen LogP contribution is -2.14. The Bertz CT molecular complexity index is 482. The van der Waals surface area contributed by atoms with E-state index in [0.29, 0.717) is 18.0 Å². The van der Waals surface area contributed by atoms with E-state index in [1.807, 2.05) is 4.68 Å². The lowest BCUT2D eigenvalue weighted by atomic mass is 10.1. The van der Waals surface area contributed by atoms with Crippen molar-refractivity contribution in [3.63, 3.8) is 0 Å². The highest BCUT2D eigenvalue weighted by Crippen LogP contribution is 2.14. The molecule has 0 amide bonds. The Morgan fingerprint density at radius 1 is 1.28 bits per heavy atom. The molecule has 96 valence electrons. The van der Waals surface area contributed by atoms with E-state index in [4.69, 9.17) is 0 Å². The van der Waals surface area contributed by atoms with Gasteiger partial charge in [-0.05, 0) is 12.0 Å². The van der Waals surface area contributed by atoms with Crippen LogP contribution < -0.4 is 0 Å². The number of aromatic nitrogens is 5. The monoisotopic (exact) mass is 247 g/mol. The molecule has 6 heteroatoms. The van der Waals surface area contributed by atoms with Crippen LogP contribution in [0.25, 0.3) is 0 Å². The van der Waals surface area contributed by atoms with Crippen LogP contribution in [0, 0.1) is 5.92 Å². The van der Waals surface area contributed by atoms with Gasteiger partial charge in [0.25, 0.3) is 0 Å². The first-order valence-corrected chi connectivity index (χ1v) is 5.97. The van der Waals surface area contributed by atoms with E-state index in [-0.39, 0.29) is 0 Å². The summed E-state index contributed by atoms with van der Waals surface area (Å²) < 4.78 is 1.83. The molecule has 0 saturated heterocycles. The van der Waals surface area contributed by atoms with Gasteiger partial charge in [-0.2, -0.15) is 5.10 Å². The molecule has 2 rings (SSSR count). The third-order valence-corrected chi connectivity index (χ3v) is 2.56. The fraction of sp³-hybridized carbons (Fsp3) is 0.500. The van der Waals surface area contributed by atoms with Crippen molar-refractivity contribution >= 4 is 0 Å². The average Bonchev–Trinajstić information content (AvgIpc) is 2.77. The molecule has 1 unspecified atom stereocenters. The number of aliphatic hydroxyl groups is 1. The van der Waals surface area contributed by atoms with Crippen molar-refractivity contribution in [3.8, 4) is 0 Å². The number of aliphatic hydroxyl groups excluding tert-OH is 1. The highest BCUT2D eigenvalue weighted by Gasteiger charge is 2.14. The van der Waals surface area contributed by atoms with E-state index in [1.165, 1.54) is 12.7 Å². The van der Waals surface area contributed by atoms with E-state index in [0.717, 1.165) is 12.4 Å². The van der Waals surface area contributed by atoms with Gasteiger partial charge in [0, 0.05) is 19.2 Å². The van der Waals surface area contributed by atoms with Crippen molar-refractivity contribution in [1.82, 2.24) is 24.7 Å². The molecule has 1 atom stereocenters. The molecule has 1 N–H and O–H groups in total. The van der Waals surface area contributed by atoms with Crippen LogP contribution in [0.4, 0.5) is 0 Å². The molecule has 0 radical (unpaired) electrons. The zero-order chi connectivity index (χ0) is 13.0. The van der Waals surface area contributed by atoms with Crippen LogP contribution in [0.2, 0.25) is 0 Å². The van der Waals surface area contributed by atoms with Gasteiger partial charge in [0.2, 0.25) is 0 Å². The van der Waals surface area contributed by atoms with Gasteiger partial charge in [-0.3, -0.25) is 0 Å². The first-order chi connectivity index (χ1) is 8.66. The smallest absolute Gasteiger partial charge is 0.138 e. The summed E-state index contributed by atoms with van der Waals surface area (Å²) >= 11 is 0. The number of nitrogens with zero attached hydrogens (tertiary/aromatic N) is 5. The zero-order valence-electron chi connectivity index (χ0n) is 10.6. The minimum atomic E-state index is -0.678. The lowest BCUT2D eigenvalue weighted by molar-refractivity contribution is 0.168. The third-order valence-electron chi connectivity index (χ3n) is 2.56. The van der Waals surface area contributed by atoms with Crippen LogP contribution in [-0.4, -0.2) is 29.8 Å². The van der Waals surface area contributed by atoms with Crippen molar-refractivity contribution in [3.05, 3.63) is 36.4 Å². The second-order valence-corrected chi connectivity index (χ2v) is 4.61. The highest BCUT2D eigenvalue weighted by atomic mass is 16.3. The Morgan fingerprint density at radius 3 is 2.78 bits per heavy atom. The first-order valence-electron chi connectivity index (χ1n) is 5.97. The zero-order valence-corrected chi connectivity index (χ0v) is 10.6. The lowest BCUT2D eigenvalue weighted by Gasteiger charge is -2.11. The molecule has 2 heterocycles. The summed E-state index contributed by atoms with van der Waals surface area (Å²) in [4.78, 5) is 12.0. The Kier molecular flexibility index (Phi) is 3.99. The van der Waals surface area contributed by atoms with Gasteiger partial charge in [-0.1, -0.05) is 13.8 Å². The average molecular weight is 247 g/mol.